The lowest BCUT2D eigenvalue weighted by Crippen LogP contribution is -2.01. The van der Waals surface area contributed by atoms with E-state index in [1.807, 2.05) is 42.5 Å². The topological polar surface area (TPSA) is 53.1 Å². The standard InChI is InChI=1S/C16H14ClN3O/c1-21-15-9-11(17)7-8-13(15)14-10-16(18)20(19-14)12-5-3-2-4-6-12/h2-10H,18H2,1H3. The van der Waals surface area contributed by atoms with Gasteiger partial charge in [-0.05, 0) is 30.3 Å². The van der Waals surface area contributed by atoms with Crippen molar-refractivity contribution in [3.63, 3.8) is 0 Å². The molecule has 0 saturated heterocycles. The van der Waals surface area contributed by atoms with Crippen molar-refractivity contribution < 1.29 is 4.74 Å². The number of rotatable bonds is 3. The predicted octanol–water partition coefficient (Wildman–Crippen LogP) is 3.78. The SMILES string of the molecule is COc1cc(Cl)ccc1-c1cc(N)n(-c2ccccc2)n1. The summed E-state index contributed by atoms with van der Waals surface area (Å²) >= 11 is 5.99. The van der Waals surface area contributed by atoms with Crippen LogP contribution < -0.4 is 10.5 Å². The molecule has 106 valence electrons. The van der Waals surface area contributed by atoms with Crippen LogP contribution in [0.15, 0.2) is 54.6 Å². The Morgan fingerprint density at radius 3 is 2.57 bits per heavy atom. The summed E-state index contributed by atoms with van der Waals surface area (Å²) in [7, 11) is 1.60. The van der Waals surface area contributed by atoms with Crippen LogP contribution in [0.1, 0.15) is 0 Å². The fourth-order valence-electron chi connectivity index (χ4n) is 2.18. The summed E-state index contributed by atoms with van der Waals surface area (Å²) in [6, 6.07) is 17.0. The molecule has 0 aliphatic heterocycles. The Balaban J connectivity index is 2.10. The molecule has 0 bridgehead atoms. The van der Waals surface area contributed by atoms with Gasteiger partial charge in [-0.3, -0.25) is 0 Å². The Hall–Kier alpha value is -2.46. The largest absolute Gasteiger partial charge is 0.496 e. The van der Waals surface area contributed by atoms with Crippen LogP contribution in [0.5, 0.6) is 5.75 Å². The molecule has 0 saturated carbocycles. The number of benzene rings is 2. The molecule has 5 heteroatoms. The van der Waals surface area contributed by atoms with Gasteiger partial charge in [0.1, 0.15) is 11.6 Å². The maximum atomic E-state index is 6.07. The highest BCUT2D eigenvalue weighted by atomic mass is 35.5. The zero-order chi connectivity index (χ0) is 14.8. The first kappa shape index (κ1) is 13.5. The lowest BCUT2D eigenvalue weighted by atomic mass is 10.1. The van der Waals surface area contributed by atoms with E-state index >= 15 is 0 Å². The summed E-state index contributed by atoms with van der Waals surface area (Å²) in [6.45, 7) is 0. The molecule has 0 aliphatic rings. The number of hydrogen-bond acceptors (Lipinski definition) is 3. The number of ether oxygens (including phenoxy) is 1. The van der Waals surface area contributed by atoms with E-state index in [2.05, 4.69) is 5.10 Å². The van der Waals surface area contributed by atoms with E-state index in [4.69, 9.17) is 22.1 Å². The minimum Gasteiger partial charge on any atom is -0.496 e. The van der Waals surface area contributed by atoms with Gasteiger partial charge in [-0.2, -0.15) is 5.10 Å². The van der Waals surface area contributed by atoms with Gasteiger partial charge >= 0.3 is 0 Å². The van der Waals surface area contributed by atoms with Crippen molar-refractivity contribution in [2.75, 3.05) is 12.8 Å². The lowest BCUT2D eigenvalue weighted by molar-refractivity contribution is 0.416. The molecule has 1 aromatic heterocycles. The van der Waals surface area contributed by atoms with Gasteiger partial charge in [0, 0.05) is 16.7 Å². The van der Waals surface area contributed by atoms with Crippen LogP contribution in [0.2, 0.25) is 5.02 Å². The molecule has 2 N–H and O–H groups in total. The quantitative estimate of drug-likeness (QED) is 0.800. The molecule has 1 heterocycles. The summed E-state index contributed by atoms with van der Waals surface area (Å²) in [6.07, 6.45) is 0. The average molecular weight is 300 g/mol. The molecule has 3 rings (SSSR count). The number of para-hydroxylation sites is 1. The first-order chi connectivity index (χ1) is 10.2. The molecular formula is C16H14ClN3O. The van der Waals surface area contributed by atoms with E-state index < -0.39 is 0 Å². The molecule has 4 nitrogen and oxygen atoms in total. The number of halogens is 1. The highest BCUT2D eigenvalue weighted by Crippen LogP contribution is 2.33. The number of nitrogens with zero attached hydrogens (tertiary/aromatic N) is 2. The minimum atomic E-state index is 0.563. The van der Waals surface area contributed by atoms with E-state index in [0.717, 1.165) is 16.9 Å². The van der Waals surface area contributed by atoms with Gasteiger partial charge < -0.3 is 10.5 Å². The second kappa shape index (κ2) is 5.50. The molecule has 0 fully saturated rings. The van der Waals surface area contributed by atoms with E-state index in [1.165, 1.54) is 0 Å². The van der Waals surface area contributed by atoms with Crippen molar-refractivity contribution in [2.45, 2.75) is 0 Å². The first-order valence-corrected chi connectivity index (χ1v) is 6.81. The highest BCUT2D eigenvalue weighted by molar-refractivity contribution is 6.30. The Morgan fingerprint density at radius 2 is 1.86 bits per heavy atom. The maximum Gasteiger partial charge on any atom is 0.129 e. The Labute approximate surface area is 127 Å². The average Bonchev–Trinajstić information content (AvgIpc) is 2.89. The van der Waals surface area contributed by atoms with E-state index in [-0.39, 0.29) is 0 Å². The van der Waals surface area contributed by atoms with Gasteiger partial charge in [-0.25, -0.2) is 4.68 Å². The number of nitrogen functional groups attached to an aromatic ring is 1. The number of hydrogen-bond donors (Lipinski definition) is 1. The van der Waals surface area contributed by atoms with Crippen molar-refractivity contribution in [1.82, 2.24) is 9.78 Å². The van der Waals surface area contributed by atoms with Crippen molar-refractivity contribution in [1.29, 1.82) is 0 Å². The van der Waals surface area contributed by atoms with E-state index in [9.17, 15) is 0 Å². The summed E-state index contributed by atoms with van der Waals surface area (Å²) in [5.41, 5.74) is 8.57. The number of aromatic nitrogens is 2. The van der Waals surface area contributed by atoms with Crippen molar-refractivity contribution in [3.8, 4) is 22.7 Å². The summed E-state index contributed by atoms with van der Waals surface area (Å²) in [5, 5.41) is 5.17. The van der Waals surface area contributed by atoms with E-state index in [1.54, 1.807) is 23.9 Å². The smallest absolute Gasteiger partial charge is 0.129 e. The van der Waals surface area contributed by atoms with E-state index in [0.29, 0.717) is 16.6 Å². The Kier molecular flexibility index (Phi) is 3.54. The van der Waals surface area contributed by atoms with Crippen LogP contribution in [0, 0.1) is 0 Å². The van der Waals surface area contributed by atoms with Gasteiger partial charge in [0.2, 0.25) is 0 Å². The van der Waals surface area contributed by atoms with Gasteiger partial charge in [-0.15, -0.1) is 0 Å². The van der Waals surface area contributed by atoms with Crippen LogP contribution in [-0.4, -0.2) is 16.9 Å². The third-order valence-corrected chi connectivity index (χ3v) is 3.41. The molecule has 0 radical (unpaired) electrons. The van der Waals surface area contributed by atoms with Gasteiger partial charge in [-0.1, -0.05) is 29.8 Å². The molecule has 0 amide bonds. The molecule has 21 heavy (non-hydrogen) atoms. The zero-order valence-corrected chi connectivity index (χ0v) is 12.2. The molecule has 0 aliphatic carbocycles. The molecule has 0 spiro atoms. The molecule has 0 atom stereocenters. The maximum absolute atomic E-state index is 6.07. The van der Waals surface area contributed by atoms with Gasteiger partial charge in [0.15, 0.2) is 0 Å². The second-order valence-electron chi connectivity index (χ2n) is 4.55. The molecule has 0 unspecified atom stereocenters. The highest BCUT2D eigenvalue weighted by Gasteiger charge is 2.13. The summed E-state index contributed by atoms with van der Waals surface area (Å²) in [5.74, 6) is 1.23. The molecular weight excluding hydrogens is 286 g/mol. The predicted molar refractivity (Wildman–Crippen MR) is 85.0 cm³/mol. The Morgan fingerprint density at radius 1 is 1.10 bits per heavy atom. The summed E-state index contributed by atoms with van der Waals surface area (Å²) < 4.78 is 7.06. The molecule has 3 aromatic rings. The second-order valence-corrected chi connectivity index (χ2v) is 4.98. The van der Waals surface area contributed by atoms with Crippen LogP contribution >= 0.6 is 11.6 Å². The van der Waals surface area contributed by atoms with Crippen molar-refractivity contribution >= 4 is 17.4 Å². The number of methoxy groups -OCH3 is 1. The fourth-order valence-corrected chi connectivity index (χ4v) is 2.34. The monoisotopic (exact) mass is 299 g/mol. The third kappa shape index (κ3) is 2.58. The van der Waals surface area contributed by atoms with Gasteiger partial charge in [0.25, 0.3) is 0 Å². The first-order valence-electron chi connectivity index (χ1n) is 6.44. The van der Waals surface area contributed by atoms with Crippen LogP contribution in [0.4, 0.5) is 5.82 Å². The summed E-state index contributed by atoms with van der Waals surface area (Å²) in [4.78, 5) is 0. The minimum absolute atomic E-state index is 0.563. The van der Waals surface area contributed by atoms with Crippen molar-refractivity contribution in [3.05, 3.63) is 59.6 Å². The van der Waals surface area contributed by atoms with Crippen LogP contribution in [0.3, 0.4) is 0 Å². The third-order valence-electron chi connectivity index (χ3n) is 3.18. The zero-order valence-electron chi connectivity index (χ0n) is 11.5. The molecule has 2 aromatic carbocycles. The number of anilines is 1. The van der Waals surface area contributed by atoms with Crippen LogP contribution in [-0.2, 0) is 0 Å². The lowest BCUT2D eigenvalue weighted by Gasteiger charge is -2.06. The van der Waals surface area contributed by atoms with Crippen LogP contribution in [0.25, 0.3) is 16.9 Å². The number of nitrogens with two attached hydrogens (primary N) is 1. The fraction of sp³-hybridized carbons (Fsp3) is 0.0625. The normalized spacial score (nSPS) is 10.6. The van der Waals surface area contributed by atoms with Crippen molar-refractivity contribution in [2.24, 2.45) is 0 Å². The Bertz CT molecular complexity index is 768. The van der Waals surface area contributed by atoms with Gasteiger partial charge in [0.05, 0.1) is 18.5 Å².